The van der Waals surface area contributed by atoms with Gasteiger partial charge in [-0.15, -0.1) is 20.4 Å². The molecule has 0 saturated heterocycles. The number of azide groups is 1. The Hall–Kier alpha value is -4.25. The first kappa shape index (κ1) is 45.8. The third-order valence-corrected chi connectivity index (χ3v) is 16.4. The normalized spacial score (nSPS) is 22.2. The summed E-state index contributed by atoms with van der Waals surface area (Å²) in [6.45, 7) is 20.8. The zero-order valence-electron chi connectivity index (χ0n) is 37.7. The molecule has 6 aromatic heterocycles. The second-order valence-corrected chi connectivity index (χ2v) is 32.3. The summed E-state index contributed by atoms with van der Waals surface area (Å²) in [7, 11) is -5.73. The molecule has 0 aromatic carbocycles. The number of nitrogens with zero attached hydrogens (tertiary/aromatic N) is 13. The van der Waals surface area contributed by atoms with Crippen LogP contribution in [0.5, 0.6) is 0 Å². The Kier molecular flexibility index (Phi) is 13.9. The fraction of sp³-hybridized carbons (Fsp3) is 0.659. The first-order valence-corrected chi connectivity index (χ1v) is 31.2. The summed E-state index contributed by atoms with van der Waals surface area (Å²) in [4.78, 5) is 12.3. The maximum atomic E-state index is 11.7. The number of fused-ring (bicyclic) bond motifs is 6. The van der Waals surface area contributed by atoms with Crippen molar-refractivity contribution in [3.05, 3.63) is 59.0 Å². The Morgan fingerprint density at radius 1 is 0.742 bits per heavy atom. The molecule has 2 aliphatic carbocycles. The van der Waals surface area contributed by atoms with E-state index in [0.29, 0.717) is 37.9 Å². The van der Waals surface area contributed by atoms with E-state index in [9.17, 15) is 8.42 Å². The molecule has 0 amide bonds. The highest BCUT2D eigenvalue weighted by molar-refractivity contribution is 7.86. The van der Waals surface area contributed by atoms with Crippen LogP contribution in [0.3, 0.4) is 0 Å². The van der Waals surface area contributed by atoms with E-state index in [1.807, 2.05) is 27.6 Å². The van der Waals surface area contributed by atoms with Gasteiger partial charge < -0.3 is 18.6 Å². The van der Waals surface area contributed by atoms with Crippen molar-refractivity contribution in [2.45, 2.75) is 141 Å². The number of ether oxygens (including phenoxy) is 2. The molecule has 0 bridgehead atoms. The predicted octanol–water partition coefficient (Wildman–Crippen LogP) is 8.61. The molecule has 336 valence electrons. The standard InChI is InChI=1S/C21H33N5O4SSi.C20H30N8OSi/c1-6-15-11-16(30-31(2,27)28)12-17(15)20-24-23-19-13-22-21-18(26(19)20)7-8-25(21)14-29-9-10-32(3,4)5;1-5-14-10-15(23-26-21)11-16(14)19-25-24-18-12-22-20-17(28(18)19)6-7-27(20)13-29-8-9-30(2,3)4/h7-8,13,15-17H,6,9-12,14H2,1-5H3;6-7,12,14-16H,5,8-11,13H2,1-4H3. The Morgan fingerprint density at radius 3 is 1.68 bits per heavy atom. The van der Waals surface area contributed by atoms with Gasteiger partial charge in [-0.25, -0.2) is 9.97 Å². The lowest BCUT2D eigenvalue weighted by molar-refractivity contribution is 0.0898. The highest BCUT2D eigenvalue weighted by Gasteiger charge is 2.40. The maximum Gasteiger partial charge on any atom is 0.264 e. The summed E-state index contributed by atoms with van der Waals surface area (Å²) >= 11 is 0. The molecule has 6 atom stereocenters. The van der Waals surface area contributed by atoms with Crippen LogP contribution in [0.25, 0.3) is 44.1 Å². The molecule has 2 saturated carbocycles. The number of aromatic nitrogens is 10. The average Bonchev–Trinajstić information content (AvgIpc) is 4.05. The number of rotatable bonds is 17. The minimum Gasteiger partial charge on any atom is -0.361 e. The molecule has 0 N–H and O–H groups in total. The van der Waals surface area contributed by atoms with Crippen LogP contribution >= 0.6 is 0 Å². The van der Waals surface area contributed by atoms with Gasteiger partial charge in [-0.2, -0.15) is 8.42 Å². The van der Waals surface area contributed by atoms with Gasteiger partial charge in [-0.05, 0) is 67.3 Å². The molecule has 6 heterocycles. The van der Waals surface area contributed by atoms with Crippen LogP contribution in [0, 0.1) is 11.8 Å². The Morgan fingerprint density at radius 2 is 1.23 bits per heavy atom. The minimum atomic E-state index is -3.49. The van der Waals surface area contributed by atoms with Gasteiger partial charge in [-0.3, -0.25) is 13.0 Å². The molecule has 6 aromatic rings. The summed E-state index contributed by atoms with van der Waals surface area (Å²) in [6, 6.07) is 6.37. The monoisotopic (exact) mass is 905 g/mol. The summed E-state index contributed by atoms with van der Waals surface area (Å²) < 4.78 is 48.7. The van der Waals surface area contributed by atoms with Crippen molar-refractivity contribution in [3.8, 4) is 0 Å². The molecule has 6 unspecified atom stereocenters. The number of hydrogen-bond donors (Lipinski definition) is 0. The smallest absolute Gasteiger partial charge is 0.264 e. The van der Waals surface area contributed by atoms with E-state index in [0.717, 1.165) is 96.9 Å². The van der Waals surface area contributed by atoms with Gasteiger partial charge in [0.1, 0.15) is 25.1 Å². The Balaban J connectivity index is 0.000000187. The van der Waals surface area contributed by atoms with Crippen LogP contribution in [0.1, 0.15) is 75.9 Å². The van der Waals surface area contributed by atoms with Crippen LogP contribution in [0.4, 0.5) is 0 Å². The quantitative estimate of drug-likeness (QED) is 0.0211. The molecule has 21 heteroatoms. The molecular formula is C41H63N13O5SSi2. The van der Waals surface area contributed by atoms with Crippen molar-refractivity contribution in [2.24, 2.45) is 17.0 Å². The van der Waals surface area contributed by atoms with Crippen molar-refractivity contribution >= 4 is 59.9 Å². The lowest BCUT2D eigenvalue weighted by atomic mass is 9.93. The molecule has 0 aliphatic heterocycles. The van der Waals surface area contributed by atoms with Crippen LogP contribution in [-0.2, 0) is 37.2 Å². The summed E-state index contributed by atoms with van der Waals surface area (Å²) in [5.74, 6) is 2.80. The van der Waals surface area contributed by atoms with E-state index in [-0.39, 0.29) is 29.9 Å². The maximum absolute atomic E-state index is 11.7. The van der Waals surface area contributed by atoms with Gasteiger partial charge in [0.2, 0.25) is 0 Å². The van der Waals surface area contributed by atoms with Crippen molar-refractivity contribution in [1.29, 1.82) is 0 Å². The molecule has 18 nitrogen and oxygen atoms in total. The topological polar surface area (TPSA) is 207 Å². The fourth-order valence-corrected chi connectivity index (χ4v) is 11.2. The van der Waals surface area contributed by atoms with Gasteiger partial charge in [0.05, 0.1) is 35.8 Å². The molecule has 2 aliphatic rings. The number of hydrogen-bond acceptors (Lipinski definition) is 12. The molecule has 2 fully saturated rings. The highest BCUT2D eigenvalue weighted by Crippen LogP contribution is 2.44. The highest BCUT2D eigenvalue weighted by atomic mass is 32.2. The SMILES string of the molecule is CCC1CC(N=[N+]=[N-])CC1c1nnc2cnc3c(ccn3COCC[Si](C)(C)C)n12.CCC1CC(OS(C)(=O)=O)CC1c1nnc2cnc3c(ccn3COCC[Si](C)(C)C)n12. The van der Waals surface area contributed by atoms with Gasteiger partial charge in [0.15, 0.2) is 22.6 Å². The van der Waals surface area contributed by atoms with E-state index >= 15 is 0 Å². The zero-order valence-corrected chi connectivity index (χ0v) is 40.5. The zero-order chi connectivity index (χ0) is 44.4. The lowest BCUT2D eigenvalue weighted by Gasteiger charge is -2.16. The average molecular weight is 906 g/mol. The molecule has 0 radical (unpaired) electrons. The van der Waals surface area contributed by atoms with Gasteiger partial charge in [0, 0.05) is 64.5 Å². The largest absolute Gasteiger partial charge is 0.361 e. The second-order valence-electron chi connectivity index (χ2n) is 19.5. The van der Waals surface area contributed by atoms with E-state index in [2.05, 4.69) is 108 Å². The summed E-state index contributed by atoms with van der Waals surface area (Å²) in [6.07, 6.45) is 13.3. The lowest BCUT2D eigenvalue weighted by Crippen LogP contribution is -2.22. The van der Waals surface area contributed by atoms with Crippen molar-refractivity contribution < 1.29 is 22.1 Å². The third kappa shape index (κ3) is 10.6. The van der Waals surface area contributed by atoms with Crippen molar-refractivity contribution in [2.75, 3.05) is 19.5 Å². The Bertz CT molecular complexity index is 2640. The van der Waals surface area contributed by atoms with Gasteiger partial charge in [0.25, 0.3) is 10.1 Å². The van der Waals surface area contributed by atoms with E-state index in [1.54, 1.807) is 12.4 Å². The van der Waals surface area contributed by atoms with Crippen molar-refractivity contribution in [3.63, 3.8) is 0 Å². The molecule has 0 spiro atoms. The van der Waals surface area contributed by atoms with Crippen LogP contribution in [0.2, 0.25) is 51.4 Å². The van der Waals surface area contributed by atoms with E-state index in [1.165, 1.54) is 0 Å². The van der Waals surface area contributed by atoms with Crippen LogP contribution in [0.15, 0.2) is 42.0 Å². The fourth-order valence-electron chi connectivity index (χ4n) is 9.02. The van der Waals surface area contributed by atoms with E-state index < -0.39 is 26.3 Å². The molecule has 8 rings (SSSR count). The van der Waals surface area contributed by atoms with Gasteiger partial charge in [-0.1, -0.05) is 71.1 Å². The first-order valence-electron chi connectivity index (χ1n) is 21.9. The second kappa shape index (κ2) is 18.8. The summed E-state index contributed by atoms with van der Waals surface area (Å²) in [5.41, 5.74) is 13.9. The summed E-state index contributed by atoms with van der Waals surface area (Å²) in [5, 5.41) is 21.7. The first-order chi connectivity index (χ1) is 29.5. The Labute approximate surface area is 365 Å². The van der Waals surface area contributed by atoms with Gasteiger partial charge >= 0.3 is 0 Å². The van der Waals surface area contributed by atoms with E-state index in [4.69, 9.17) is 19.2 Å². The minimum absolute atomic E-state index is 0.0268. The predicted molar refractivity (Wildman–Crippen MR) is 245 cm³/mol. The third-order valence-electron chi connectivity index (χ3n) is 12.4. The van der Waals surface area contributed by atoms with Crippen LogP contribution < -0.4 is 0 Å². The molecular weight excluding hydrogens is 843 g/mol. The van der Waals surface area contributed by atoms with Crippen LogP contribution in [-0.4, -0.2) is 104 Å². The van der Waals surface area contributed by atoms with Crippen molar-refractivity contribution in [1.82, 2.24) is 48.3 Å². The molecule has 62 heavy (non-hydrogen) atoms.